The van der Waals surface area contributed by atoms with Gasteiger partial charge in [-0.25, -0.2) is 0 Å². The SMILES string of the molecule is C=CCc1cc(C)ccc1OCCOCCN1C[C@@H](C)O[C@H](C)C1. The molecule has 0 saturated carbocycles. The second kappa shape index (κ2) is 9.82. The number of rotatable bonds is 9. The van der Waals surface area contributed by atoms with Crippen molar-refractivity contribution in [1.29, 1.82) is 0 Å². The van der Waals surface area contributed by atoms with Gasteiger partial charge in [0, 0.05) is 19.6 Å². The number of ether oxygens (including phenoxy) is 3. The Morgan fingerprint density at radius 3 is 2.67 bits per heavy atom. The van der Waals surface area contributed by atoms with E-state index in [1.807, 2.05) is 12.1 Å². The first-order valence-corrected chi connectivity index (χ1v) is 8.87. The number of aryl methyl sites for hydroxylation is 1. The van der Waals surface area contributed by atoms with E-state index in [2.05, 4.69) is 44.4 Å². The highest BCUT2D eigenvalue weighted by atomic mass is 16.5. The van der Waals surface area contributed by atoms with Crippen LogP contribution in [0.5, 0.6) is 5.75 Å². The van der Waals surface area contributed by atoms with Crippen LogP contribution in [0, 0.1) is 6.92 Å². The molecule has 1 saturated heterocycles. The molecule has 0 radical (unpaired) electrons. The Morgan fingerprint density at radius 1 is 1.21 bits per heavy atom. The topological polar surface area (TPSA) is 30.9 Å². The molecular formula is C20H31NO3. The molecule has 0 bridgehead atoms. The second-order valence-corrected chi connectivity index (χ2v) is 6.58. The summed E-state index contributed by atoms with van der Waals surface area (Å²) in [5.74, 6) is 0.930. The van der Waals surface area contributed by atoms with Gasteiger partial charge < -0.3 is 14.2 Å². The van der Waals surface area contributed by atoms with Crippen molar-refractivity contribution in [3.05, 3.63) is 42.0 Å². The zero-order valence-corrected chi connectivity index (χ0v) is 15.3. The molecule has 0 N–H and O–H groups in total. The van der Waals surface area contributed by atoms with Crippen LogP contribution in [0.25, 0.3) is 0 Å². The van der Waals surface area contributed by atoms with E-state index >= 15 is 0 Å². The normalized spacial score (nSPS) is 21.6. The summed E-state index contributed by atoms with van der Waals surface area (Å²) in [4.78, 5) is 2.40. The molecule has 0 aliphatic carbocycles. The van der Waals surface area contributed by atoms with Crippen LogP contribution < -0.4 is 4.74 Å². The zero-order valence-electron chi connectivity index (χ0n) is 15.3. The van der Waals surface area contributed by atoms with Crippen LogP contribution in [0.2, 0.25) is 0 Å². The maximum atomic E-state index is 5.86. The first kappa shape index (κ1) is 19.0. The van der Waals surface area contributed by atoms with Gasteiger partial charge in [-0.3, -0.25) is 4.90 Å². The summed E-state index contributed by atoms with van der Waals surface area (Å²) in [5, 5.41) is 0. The van der Waals surface area contributed by atoms with Crippen LogP contribution >= 0.6 is 0 Å². The number of benzene rings is 1. The van der Waals surface area contributed by atoms with Crippen molar-refractivity contribution in [3.63, 3.8) is 0 Å². The fraction of sp³-hybridized carbons (Fsp3) is 0.600. The van der Waals surface area contributed by atoms with Crippen LogP contribution in [0.3, 0.4) is 0 Å². The number of morpholine rings is 1. The summed E-state index contributed by atoms with van der Waals surface area (Å²) < 4.78 is 17.3. The molecule has 24 heavy (non-hydrogen) atoms. The Balaban J connectivity index is 1.64. The van der Waals surface area contributed by atoms with Gasteiger partial charge in [0.15, 0.2) is 0 Å². The molecule has 4 heteroatoms. The van der Waals surface area contributed by atoms with E-state index in [-0.39, 0.29) is 0 Å². The molecule has 0 unspecified atom stereocenters. The lowest BCUT2D eigenvalue weighted by Crippen LogP contribution is -2.46. The Hall–Kier alpha value is -1.36. The molecule has 2 rings (SSSR count). The molecular weight excluding hydrogens is 302 g/mol. The molecule has 1 aliphatic heterocycles. The predicted octanol–water partition coefficient (Wildman–Crippen LogP) is 3.23. The van der Waals surface area contributed by atoms with E-state index in [9.17, 15) is 0 Å². The van der Waals surface area contributed by atoms with Gasteiger partial charge in [-0.1, -0.05) is 23.8 Å². The van der Waals surface area contributed by atoms with Gasteiger partial charge in [0.05, 0.1) is 25.4 Å². The number of nitrogens with zero attached hydrogens (tertiary/aromatic N) is 1. The molecule has 1 aromatic carbocycles. The number of hydrogen-bond acceptors (Lipinski definition) is 4. The van der Waals surface area contributed by atoms with Gasteiger partial charge in [0.25, 0.3) is 0 Å². The van der Waals surface area contributed by atoms with E-state index in [4.69, 9.17) is 14.2 Å². The molecule has 134 valence electrons. The van der Waals surface area contributed by atoms with Crippen LogP contribution in [0.1, 0.15) is 25.0 Å². The molecule has 4 nitrogen and oxygen atoms in total. The van der Waals surface area contributed by atoms with Crippen molar-refractivity contribution in [2.45, 2.75) is 39.4 Å². The number of hydrogen-bond donors (Lipinski definition) is 0. The van der Waals surface area contributed by atoms with Gasteiger partial charge >= 0.3 is 0 Å². The highest BCUT2D eigenvalue weighted by molar-refractivity contribution is 5.38. The van der Waals surface area contributed by atoms with E-state index < -0.39 is 0 Å². The minimum atomic E-state index is 0.307. The van der Waals surface area contributed by atoms with Crippen molar-refractivity contribution in [1.82, 2.24) is 4.90 Å². The lowest BCUT2D eigenvalue weighted by Gasteiger charge is -2.35. The summed E-state index contributed by atoms with van der Waals surface area (Å²) in [6.45, 7) is 15.0. The standard InChI is InChI=1S/C20H31NO3/c1-5-6-19-13-16(2)7-8-20(19)23-12-11-22-10-9-21-14-17(3)24-18(4)15-21/h5,7-8,13,17-18H,1,6,9-12,14-15H2,2-4H3/t17-,18-/m1/s1. The van der Waals surface area contributed by atoms with Gasteiger partial charge in [-0.2, -0.15) is 0 Å². The summed E-state index contributed by atoms with van der Waals surface area (Å²) in [5.41, 5.74) is 2.42. The minimum Gasteiger partial charge on any atom is -0.491 e. The zero-order chi connectivity index (χ0) is 17.4. The maximum absolute atomic E-state index is 5.86. The molecule has 0 aromatic heterocycles. The summed E-state index contributed by atoms with van der Waals surface area (Å²) >= 11 is 0. The second-order valence-electron chi connectivity index (χ2n) is 6.58. The molecule has 1 fully saturated rings. The largest absolute Gasteiger partial charge is 0.491 e. The number of allylic oxidation sites excluding steroid dienone is 1. The summed E-state index contributed by atoms with van der Waals surface area (Å²) in [6, 6.07) is 6.26. The Kier molecular flexibility index (Phi) is 7.76. The summed E-state index contributed by atoms with van der Waals surface area (Å²) in [7, 11) is 0. The monoisotopic (exact) mass is 333 g/mol. The van der Waals surface area contributed by atoms with E-state index in [1.54, 1.807) is 0 Å². The highest BCUT2D eigenvalue weighted by Crippen LogP contribution is 2.20. The maximum Gasteiger partial charge on any atom is 0.122 e. The van der Waals surface area contributed by atoms with E-state index in [0.29, 0.717) is 25.4 Å². The fourth-order valence-corrected chi connectivity index (χ4v) is 3.14. The third kappa shape index (κ3) is 6.27. The smallest absolute Gasteiger partial charge is 0.122 e. The van der Waals surface area contributed by atoms with Gasteiger partial charge in [0.1, 0.15) is 12.4 Å². The average Bonchev–Trinajstić information content (AvgIpc) is 2.52. The first-order valence-electron chi connectivity index (χ1n) is 8.87. The molecule has 2 atom stereocenters. The van der Waals surface area contributed by atoms with Gasteiger partial charge in [-0.15, -0.1) is 6.58 Å². The molecule has 1 heterocycles. The fourth-order valence-electron chi connectivity index (χ4n) is 3.14. The quantitative estimate of drug-likeness (QED) is 0.513. The highest BCUT2D eigenvalue weighted by Gasteiger charge is 2.21. The molecule has 0 amide bonds. The van der Waals surface area contributed by atoms with Crippen molar-refractivity contribution >= 4 is 0 Å². The lowest BCUT2D eigenvalue weighted by molar-refractivity contribution is -0.0734. The van der Waals surface area contributed by atoms with Crippen molar-refractivity contribution in [2.24, 2.45) is 0 Å². The molecule has 1 aliphatic rings. The lowest BCUT2D eigenvalue weighted by atomic mass is 10.1. The van der Waals surface area contributed by atoms with E-state index in [0.717, 1.165) is 38.4 Å². The van der Waals surface area contributed by atoms with Crippen LogP contribution in [0.15, 0.2) is 30.9 Å². The molecule has 1 aromatic rings. The molecule has 0 spiro atoms. The predicted molar refractivity (Wildman–Crippen MR) is 97.8 cm³/mol. The van der Waals surface area contributed by atoms with Crippen LogP contribution in [0.4, 0.5) is 0 Å². The van der Waals surface area contributed by atoms with Gasteiger partial charge in [-0.05, 0) is 38.8 Å². The first-order chi connectivity index (χ1) is 11.6. The van der Waals surface area contributed by atoms with Crippen LogP contribution in [-0.4, -0.2) is 56.6 Å². The van der Waals surface area contributed by atoms with Crippen molar-refractivity contribution in [3.8, 4) is 5.75 Å². The van der Waals surface area contributed by atoms with Crippen LogP contribution in [-0.2, 0) is 15.9 Å². The Bertz CT molecular complexity index is 508. The van der Waals surface area contributed by atoms with Crippen molar-refractivity contribution < 1.29 is 14.2 Å². The van der Waals surface area contributed by atoms with E-state index in [1.165, 1.54) is 11.1 Å². The third-order valence-electron chi connectivity index (χ3n) is 4.11. The van der Waals surface area contributed by atoms with Gasteiger partial charge in [0.2, 0.25) is 0 Å². The Labute approximate surface area is 146 Å². The Morgan fingerprint density at radius 2 is 1.96 bits per heavy atom. The van der Waals surface area contributed by atoms with Crippen molar-refractivity contribution in [2.75, 3.05) is 39.5 Å². The third-order valence-corrected chi connectivity index (χ3v) is 4.11. The average molecular weight is 333 g/mol. The minimum absolute atomic E-state index is 0.307. The summed E-state index contributed by atoms with van der Waals surface area (Å²) in [6.07, 6.45) is 3.34.